The fourth-order valence-corrected chi connectivity index (χ4v) is 1.42. The lowest BCUT2D eigenvalue weighted by atomic mass is 10.2. The lowest BCUT2D eigenvalue weighted by Gasteiger charge is -2.12. The number of rotatable bonds is 2. The Balaban J connectivity index is 2.93. The Bertz CT molecular complexity index is 438. The molecule has 3 nitrogen and oxygen atoms in total. The van der Waals surface area contributed by atoms with Crippen molar-refractivity contribution in [2.45, 2.75) is 25.5 Å². The number of phenols is 1. The first-order chi connectivity index (χ1) is 7.30. The van der Waals surface area contributed by atoms with Crippen LogP contribution in [0.5, 0.6) is 5.75 Å². The van der Waals surface area contributed by atoms with Crippen molar-refractivity contribution < 1.29 is 13.7 Å². The highest BCUT2D eigenvalue weighted by molar-refractivity contribution is 7.85. The number of nitrogens with zero attached hydrogens (tertiary/aromatic N) is 1. The number of phenolic OH excluding ortho intramolecular Hbond substituents is 1. The highest BCUT2D eigenvalue weighted by Gasteiger charge is 2.18. The van der Waals surface area contributed by atoms with Gasteiger partial charge in [-0.1, -0.05) is 0 Å². The summed E-state index contributed by atoms with van der Waals surface area (Å²) in [5.41, 5.74) is 0.220. The summed E-state index contributed by atoms with van der Waals surface area (Å²) in [6.45, 7) is 5.35. The van der Waals surface area contributed by atoms with E-state index in [4.69, 9.17) is 0 Å². The van der Waals surface area contributed by atoms with Crippen molar-refractivity contribution in [3.05, 3.63) is 29.6 Å². The first kappa shape index (κ1) is 12.8. The maximum Gasteiger partial charge on any atom is 0.144 e. The quantitative estimate of drug-likeness (QED) is 0.811. The van der Waals surface area contributed by atoms with E-state index in [0.717, 1.165) is 12.1 Å². The van der Waals surface area contributed by atoms with E-state index < -0.39 is 21.5 Å². The van der Waals surface area contributed by atoms with Gasteiger partial charge in [-0.05, 0) is 39.0 Å². The molecule has 0 bridgehead atoms. The molecule has 0 aliphatic rings. The summed E-state index contributed by atoms with van der Waals surface area (Å²) < 4.78 is 27.7. The molecule has 0 aliphatic carbocycles. The Morgan fingerprint density at radius 1 is 1.44 bits per heavy atom. The third kappa shape index (κ3) is 3.41. The van der Waals surface area contributed by atoms with Crippen molar-refractivity contribution in [1.82, 2.24) is 0 Å². The third-order valence-corrected chi connectivity index (χ3v) is 3.15. The Morgan fingerprint density at radius 3 is 2.62 bits per heavy atom. The first-order valence-corrected chi connectivity index (χ1v) is 5.86. The summed E-state index contributed by atoms with van der Waals surface area (Å²) in [5, 5.41) is 9.39. The van der Waals surface area contributed by atoms with Crippen molar-refractivity contribution in [2.24, 2.45) is 4.40 Å². The van der Waals surface area contributed by atoms with Gasteiger partial charge in [0.15, 0.2) is 0 Å². The second-order valence-corrected chi connectivity index (χ2v) is 6.23. The monoisotopic (exact) mass is 243 g/mol. The van der Waals surface area contributed by atoms with Crippen LogP contribution in [-0.4, -0.2) is 20.3 Å². The van der Waals surface area contributed by atoms with Crippen LogP contribution in [0.4, 0.5) is 4.39 Å². The van der Waals surface area contributed by atoms with E-state index in [1.54, 1.807) is 20.8 Å². The van der Waals surface area contributed by atoms with E-state index in [9.17, 15) is 13.7 Å². The topological polar surface area (TPSA) is 49.7 Å². The summed E-state index contributed by atoms with van der Waals surface area (Å²) in [7, 11) is -1.42. The van der Waals surface area contributed by atoms with Crippen LogP contribution in [0.15, 0.2) is 22.6 Å². The van der Waals surface area contributed by atoms with Gasteiger partial charge in [0.05, 0.1) is 4.75 Å². The fraction of sp³-hybridized carbons (Fsp3) is 0.364. The number of benzene rings is 1. The van der Waals surface area contributed by atoms with Crippen molar-refractivity contribution >= 4 is 17.2 Å². The molecule has 0 fully saturated rings. The van der Waals surface area contributed by atoms with Crippen LogP contribution in [0, 0.1) is 5.82 Å². The molecule has 0 unspecified atom stereocenters. The van der Waals surface area contributed by atoms with Crippen LogP contribution in [0.1, 0.15) is 26.3 Å². The van der Waals surface area contributed by atoms with Crippen LogP contribution in [0.2, 0.25) is 0 Å². The van der Waals surface area contributed by atoms with Gasteiger partial charge >= 0.3 is 0 Å². The molecule has 5 heteroatoms. The number of hydrogen-bond acceptors (Lipinski definition) is 2. The van der Waals surface area contributed by atoms with Crippen molar-refractivity contribution in [3.63, 3.8) is 0 Å². The molecule has 0 amide bonds. The maximum absolute atomic E-state index is 12.9. The third-order valence-electron chi connectivity index (χ3n) is 1.80. The average molecular weight is 243 g/mol. The Hall–Kier alpha value is -1.23. The fourth-order valence-electron chi connectivity index (χ4n) is 0.892. The maximum atomic E-state index is 12.9. The van der Waals surface area contributed by atoms with Crippen LogP contribution >= 0.6 is 0 Å². The molecule has 88 valence electrons. The van der Waals surface area contributed by atoms with E-state index >= 15 is 0 Å². The predicted octanol–water partition coefficient (Wildman–Crippen LogP) is 2.41. The van der Waals surface area contributed by atoms with Gasteiger partial charge in [0.1, 0.15) is 22.6 Å². The first-order valence-electron chi connectivity index (χ1n) is 4.75. The molecule has 0 radical (unpaired) electrons. The van der Waals surface area contributed by atoms with Crippen LogP contribution in [0.3, 0.4) is 0 Å². The van der Waals surface area contributed by atoms with Crippen LogP contribution in [0.25, 0.3) is 0 Å². The molecule has 1 rings (SSSR count). The zero-order chi connectivity index (χ0) is 12.3. The molecule has 0 spiro atoms. The summed E-state index contributed by atoms with van der Waals surface area (Å²) in [4.78, 5) is 0. The summed E-state index contributed by atoms with van der Waals surface area (Å²) in [5.74, 6) is -0.558. The van der Waals surface area contributed by atoms with Crippen molar-refractivity contribution in [1.29, 1.82) is 0 Å². The zero-order valence-electron chi connectivity index (χ0n) is 9.40. The van der Waals surface area contributed by atoms with Gasteiger partial charge in [-0.15, -0.1) is 0 Å². The predicted molar refractivity (Wildman–Crippen MR) is 63.6 cm³/mol. The molecule has 16 heavy (non-hydrogen) atoms. The molecule has 0 aliphatic heterocycles. The largest absolute Gasteiger partial charge is 0.507 e. The highest BCUT2D eigenvalue weighted by atomic mass is 32.2. The molecule has 1 atom stereocenters. The normalized spacial score (nSPS) is 14.2. The van der Waals surface area contributed by atoms with Gasteiger partial charge in [0.2, 0.25) is 0 Å². The Morgan fingerprint density at radius 2 is 2.06 bits per heavy atom. The average Bonchev–Trinajstić information content (AvgIpc) is 2.17. The van der Waals surface area contributed by atoms with E-state index in [0.29, 0.717) is 0 Å². The van der Waals surface area contributed by atoms with E-state index in [-0.39, 0.29) is 11.3 Å². The smallest absolute Gasteiger partial charge is 0.144 e. The van der Waals surface area contributed by atoms with E-state index in [1.807, 2.05) is 0 Å². The van der Waals surface area contributed by atoms with Crippen LogP contribution < -0.4 is 0 Å². The van der Waals surface area contributed by atoms with Gasteiger partial charge < -0.3 is 5.11 Å². The van der Waals surface area contributed by atoms with E-state index in [1.165, 1.54) is 12.3 Å². The Kier molecular flexibility index (Phi) is 3.80. The minimum Gasteiger partial charge on any atom is -0.507 e. The number of halogens is 1. The molecule has 0 heterocycles. The van der Waals surface area contributed by atoms with E-state index in [2.05, 4.69) is 4.40 Å². The second-order valence-electron chi connectivity index (χ2n) is 4.30. The zero-order valence-corrected chi connectivity index (χ0v) is 10.2. The number of hydrogen-bond donors (Lipinski definition) is 1. The molecule has 0 saturated heterocycles. The highest BCUT2D eigenvalue weighted by Crippen LogP contribution is 2.17. The molecular weight excluding hydrogens is 229 g/mol. The van der Waals surface area contributed by atoms with Gasteiger partial charge in [0.25, 0.3) is 0 Å². The standard InChI is InChI=1S/C11H14FNO2S/c1-11(2,3)16(15)13-7-8-6-9(12)4-5-10(8)14/h4-7,14H,1-3H3/t16-/m1/s1. The molecular formula is C11H14FNO2S. The lowest BCUT2D eigenvalue weighted by molar-refractivity contribution is 0.472. The Labute approximate surface area is 96.6 Å². The molecule has 1 aromatic carbocycles. The molecule has 1 N–H and O–H groups in total. The molecule has 0 aromatic heterocycles. The second kappa shape index (κ2) is 4.74. The summed E-state index contributed by atoms with van der Waals surface area (Å²) in [6.07, 6.45) is 1.22. The van der Waals surface area contributed by atoms with Gasteiger partial charge in [-0.25, -0.2) is 8.60 Å². The van der Waals surface area contributed by atoms with Gasteiger partial charge in [-0.3, -0.25) is 0 Å². The summed E-state index contributed by atoms with van der Waals surface area (Å²) in [6, 6.07) is 3.52. The van der Waals surface area contributed by atoms with Crippen molar-refractivity contribution in [3.8, 4) is 5.75 Å². The van der Waals surface area contributed by atoms with Gasteiger partial charge in [0, 0.05) is 11.8 Å². The number of aromatic hydroxyl groups is 1. The molecule has 1 aromatic rings. The summed E-state index contributed by atoms with van der Waals surface area (Å²) >= 11 is 0. The lowest BCUT2D eigenvalue weighted by Crippen LogP contribution is -2.19. The van der Waals surface area contributed by atoms with Gasteiger partial charge in [-0.2, -0.15) is 4.40 Å². The van der Waals surface area contributed by atoms with Crippen molar-refractivity contribution in [2.75, 3.05) is 0 Å². The minimum atomic E-state index is -1.42. The van der Waals surface area contributed by atoms with Crippen LogP contribution in [-0.2, 0) is 11.0 Å². The SMILES string of the molecule is CC(C)(C)[S@@](=O)N=Cc1cc(F)ccc1O. The minimum absolute atomic E-state index is 0.0870. The molecule has 0 saturated carbocycles.